The third kappa shape index (κ3) is 5.77. The summed E-state index contributed by atoms with van der Waals surface area (Å²) < 4.78 is 5.57. The summed E-state index contributed by atoms with van der Waals surface area (Å²) in [6.07, 6.45) is 3.92. The monoisotopic (exact) mass is 252 g/mol. The molecule has 0 aliphatic rings. The van der Waals surface area contributed by atoms with Crippen LogP contribution in [-0.2, 0) is 0 Å². The van der Waals surface area contributed by atoms with Crippen LogP contribution in [0.25, 0.3) is 0 Å². The van der Waals surface area contributed by atoms with Crippen molar-refractivity contribution in [2.45, 2.75) is 32.6 Å². The van der Waals surface area contributed by atoms with Gasteiger partial charge in [0.05, 0.1) is 6.61 Å². The molecule has 0 amide bonds. The van der Waals surface area contributed by atoms with Gasteiger partial charge in [-0.2, -0.15) is 0 Å². The number of rotatable bonds is 9. The molecule has 0 atom stereocenters. The Balaban J connectivity index is 2.41. The van der Waals surface area contributed by atoms with Crippen molar-refractivity contribution in [3.63, 3.8) is 0 Å². The minimum atomic E-state index is 0.271. The molecule has 0 saturated heterocycles. The van der Waals surface area contributed by atoms with Crippen LogP contribution in [0.1, 0.15) is 32.6 Å². The molecule has 1 aromatic carbocycles. The Labute approximate surface area is 109 Å². The maximum atomic E-state index is 8.68. The van der Waals surface area contributed by atoms with Gasteiger partial charge in [0, 0.05) is 36.7 Å². The maximum absolute atomic E-state index is 8.68. The second kappa shape index (κ2) is 8.64. The van der Waals surface area contributed by atoms with Crippen molar-refractivity contribution in [3.8, 4) is 5.75 Å². The van der Waals surface area contributed by atoms with Gasteiger partial charge in [0.1, 0.15) is 5.75 Å². The van der Waals surface area contributed by atoms with Crippen LogP contribution in [0.5, 0.6) is 5.75 Å². The summed E-state index contributed by atoms with van der Waals surface area (Å²) in [5, 5.41) is 12.0. The molecule has 0 aliphatic heterocycles. The largest absolute Gasteiger partial charge is 0.493 e. The van der Waals surface area contributed by atoms with Gasteiger partial charge in [-0.15, -0.1) is 0 Å². The van der Waals surface area contributed by atoms with Gasteiger partial charge in [0.2, 0.25) is 0 Å². The van der Waals surface area contributed by atoms with Crippen LogP contribution in [0.2, 0.25) is 0 Å². The van der Waals surface area contributed by atoms with E-state index in [1.54, 1.807) is 0 Å². The average molecular weight is 252 g/mol. The zero-order chi connectivity index (χ0) is 13.2. The van der Waals surface area contributed by atoms with E-state index in [1.807, 2.05) is 18.2 Å². The molecule has 1 rings (SSSR count). The highest BCUT2D eigenvalue weighted by atomic mass is 16.5. The van der Waals surface area contributed by atoms with Crippen LogP contribution in [0.4, 0.5) is 11.4 Å². The van der Waals surface area contributed by atoms with E-state index in [0.717, 1.165) is 43.7 Å². The molecule has 0 spiro atoms. The minimum absolute atomic E-state index is 0.271. The van der Waals surface area contributed by atoms with Crippen molar-refractivity contribution in [1.82, 2.24) is 0 Å². The Morgan fingerprint density at radius 1 is 1.22 bits per heavy atom. The standard InChI is InChI=1S/C14H24N2O2/c1-2-8-18-14-10-12(15)9-13(11-14)16-6-4-3-5-7-17/h9-11,16-17H,2-8,15H2,1H3. The predicted molar refractivity (Wildman–Crippen MR) is 76.1 cm³/mol. The van der Waals surface area contributed by atoms with Crippen LogP contribution in [0.15, 0.2) is 18.2 Å². The van der Waals surface area contributed by atoms with E-state index in [9.17, 15) is 0 Å². The maximum Gasteiger partial charge on any atom is 0.123 e. The molecule has 0 radical (unpaired) electrons. The van der Waals surface area contributed by atoms with Gasteiger partial charge in [-0.05, 0) is 31.7 Å². The number of aliphatic hydroxyl groups is 1. The lowest BCUT2D eigenvalue weighted by atomic mass is 10.2. The van der Waals surface area contributed by atoms with E-state index < -0.39 is 0 Å². The lowest BCUT2D eigenvalue weighted by Gasteiger charge is -2.10. The molecule has 4 N–H and O–H groups in total. The molecular formula is C14H24N2O2. The van der Waals surface area contributed by atoms with E-state index in [1.165, 1.54) is 0 Å². The minimum Gasteiger partial charge on any atom is -0.493 e. The van der Waals surface area contributed by atoms with Gasteiger partial charge >= 0.3 is 0 Å². The predicted octanol–water partition coefficient (Wildman–Crippen LogP) is 2.63. The fourth-order valence-electron chi connectivity index (χ4n) is 1.67. The number of nitrogen functional groups attached to an aromatic ring is 1. The molecule has 0 bridgehead atoms. The zero-order valence-electron chi connectivity index (χ0n) is 11.1. The molecule has 4 nitrogen and oxygen atoms in total. The van der Waals surface area contributed by atoms with Gasteiger partial charge in [0.25, 0.3) is 0 Å². The number of hydrogen-bond donors (Lipinski definition) is 3. The number of aliphatic hydroxyl groups excluding tert-OH is 1. The van der Waals surface area contributed by atoms with Crippen molar-refractivity contribution in [2.75, 3.05) is 30.8 Å². The fourth-order valence-corrected chi connectivity index (χ4v) is 1.67. The van der Waals surface area contributed by atoms with Crippen molar-refractivity contribution >= 4 is 11.4 Å². The topological polar surface area (TPSA) is 67.5 Å². The summed E-state index contributed by atoms with van der Waals surface area (Å²) in [6.45, 7) is 3.94. The summed E-state index contributed by atoms with van der Waals surface area (Å²) in [7, 11) is 0. The molecule has 1 aromatic rings. The number of unbranched alkanes of at least 4 members (excludes halogenated alkanes) is 2. The molecule has 4 heteroatoms. The highest BCUT2D eigenvalue weighted by Crippen LogP contribution is 2.22. The van der Waals surface area contributed by atoms with Crippen LogP contribution >= 0.6 is 0 Å². The first-order chi connectivity index (χ1) is 8.76. The molecule has 0 fully saturated rings. The van der Waals surface area contributed by atoms with E-state index >= 15 is 0 Å². The first kappa shape index (κ1) is 14.6. The van der Waals surface area contributed by atoms with E-state index in [0.29, 0.717) is 12.3 Å². The Hall–Kier alpha value is -1.42. The Morgan fingerprint density at radius 3 is 2.78 bits per heavy atom. The number of nitrogens with one attached hydrogen (secondary N) is 1. The van der Waals surface area contributed by atoms with Crippen molar-refractivity contribution in [3.05, 3.63) is 18.2 Å². The number of benzene rings is 1. The normalized spacial score (nSPS) is 10.3. The molecule has 0 aromatic heterocycles. The fraction of sp³-hybridized carbons (Fsp3) is 0.571. The van der Waals surface area contributed by atoms with Gasteiger partial charge < -0.3 is 20.9 Å². The molecule has 18 heavy (non-hydrogen) atoms. The Morgan fingerprint density at radius 2 is 2.06 bits per heavy atom. The molecule has 102 valence electrons. The third-order valence-corrected chi connectivity index (χ3v) is 2.57. The van der Waals surface area contributed by atoms with Crippen LogP contribution < -0.4 is 15.8 Å². The second-order valence-corrected chi connectivity index (χ2v) is 4.35. The second-order valence-electron chi connectivity index (χ2n) is 4.35. The van der Waals surface area contributed by atoms with Crippen LogP contribution in [0, 0.1) is 0 Å². The van der Waals surface area contributed by atoms with E-state index in [2.05, 4.69) is 12.2 Å². The summed E-state index contributed by atoms with van der Waals surface area (Å²) >= 11 is 0. The summed E-state index contributed by atoms with van der Waals surface area (Å²) in [4.78, 5) is 0. The molecule has 0 saturated carbocycles. The SMILES string of the molecule is CCCOc1cc(N)cc(NCCCCCO)c1. The smallest absolute Gasteiger partial charge is 0.123 e. The lowest BCUT2D eigenvalue weighted by molar-refractivity contribution is 0.283. The first-order valence-corrected chi connectivity index (χ1v) is 6.64. The van der Waals surface area contributed by atoms with Gasteiger partial charge in [-0.25, -0.2) is 0 Å². The highest BCUT2D eigenvalue weighted by molar-refractivity contribution is 5.59. The molecule has 0 aliphatic carbocycles. The number of hydrogen-bond acceptors (Lipinski definition) is 4. The summed E-state index contributed by atoms with van der Waals surface area (Å²) in [5.41, 5.74) is 7.53. The zero-order valence-corrected chi connectivity index (χ0v) is 11.1. The summed E-state index contributed by atoms with van der Waals surface area (Å²) in [6, 6.07) is 5.72. The number of ether oxygens (including phenoxy) is 1. The Bertz CT molecular complexity index is 343. The van der Waals surface area contributed by atoms with Crippen LogP contribution in [-0.4, -0.2) is 24.9 Å². The van der Waals surface area contributed by atoms with E-state index in [4.69, 9.17) is 15.6 Å². The average Bonchev–Trinajstić information content (AvgIpc) is 2.35. The Kier molecular flexibility index (Phi) is 7.03. The number of anilines is 2. The third-order valence-electron chi connectivity index (χ3n) is 2.57. The quantitative estimate of drug-likeness (QED) is 0.467. The van der Waals surface area contributed by atoms with Gasteiger partial charge in [-0.1, -0.05) is 6.92 Å². The van der Waals surface area contributed by atoms with Crippen molar-refractivity contribution in [1.29, 1.82) is 0 Å². The van der Waals surface area contributed by atoms with Crippen molar-refractivity contribution < 1.29 is 9.84 Å². The first-order valence-electron chi connectivity index (χ1n) is 6.64. The molecule has 0 heterocycles. The van der Waals surface area contributed by atoms with Crippen molar-refractivity contribution in [2.24, 2.45) is 0 Å². The van der Waals surface area contributed by atoms with E-state index in [-0.39, 0.29) is 6.61 Å². The number of nitrogens with two attached hydrogens (primary N) is 1. The molecule has 0 unspecified atom stereocenters. The summed E-state index contributed by atoms with van der Waals surface area (Å²) in [5.74, 6) is 0.815. The van der Waals surface area contributed by atoms with Gasteiger partial charge in [0.15, 0.2) is 0 Å². The van der Waals surface area contributed by atoms with Gasteiger partial charge in [-0.3, -0.25) is 0 Å². The molecular weight excluding hydrogens is 228 g/mol. The van der Waals surface area contributed by atoms with Crippen LogP contribution in [0.3, 0.4) is 0 Å². The highest BCUT2D eigenvalue weighted by Gasteiger charge is 1.99. The lowest BCUT2D eigenvalue weighted by Crippen LogP contribution is -2.03.